The highest BCUT2D eigenvalue weighted by molar-refractivity contribution is 7.13. The lowest BCUT2D eigenvalue weighted by atomic mass is 10.0. The van der Waals surface area contributed by atoms with Gasteiger partial charge in [0.2, 0.25) is 5.91 Å². The minimum atomic E-state index is 0.0783. The molecule has 1 aliphatic rings. The maximum absolute atomic E-state index is 12.0. The van der Waals surface area contributed by atoms with Gasteiger partial charge in [-0.15, -0.1) is 11.3 Å². The zero-order chi connectivity index (χ0) is 16.1. The van der Waals surface area contributed by atoms with Crippen molar-refractivity contribution in [2.24, 2.45) is 0 Å². The largest absolute Gasteiger partial charge is 0.375 e. The van der Waals surface area contributed by atoms with Gasteiger partial charge >= 0.3 is 0 Å². The number of amides is 1. The molecule has 0 aromatic carbocycles. The fraction of sp³-hybridized carbons (Fsp3) is 0.467. The maximum Gasteiger partial charge on any atom is 0.220 e. The summed E-state index contributed by atoms with van der Waals surface area (Å²) in [6.45, 7) is 1.76. The Hall–Kier alpha value is -2.22. The number of aryl methyl sites for hydroxylation is 1. The zero-order valence-corrected chi connectivity index (χ0v) is 13.6. The molecule has 0 aliphatic carbocycles. The van der Waals surface area contributed by atoms with Crippen LogP contribution in [0.5, 0.6) is 0 Å². The topological polar surface area (TPSA) is 97.0 Å². The van der Waals surface area contributed by atoms with Crippen LogP contribution in [0.1, 0.15) is 25.0 Å². The van der Waals surface area contributed by atoms with Crippen molar-refractivity contribution in [2.75, 3.05) is 23.7 Å². The molecule has 23 heavy (non-hydrogen) atoms. The van der Waals surface area contributed by atoms with E-state index < -0.39 is 0 Å². The maximum atomic E-state index is 12.0. The number of nitrogens with two attached hydrogens (primary N) is 1. The first kappa shape index (κ1) is 15.7. The summed E-state index contributed by atoms with van der Waals surface area (Å²) in [5.74, 6) is 0.980. The van der Waals surface area contributed by atoms with Gasteiger partial charge in [-0.2, -0.15) is 0 Å². The molecule has 1 saturated heterocycles. The highest BCUT2D eigenvalue weighted by atomic mass is 32.1. The van der Waals surface area contributed by atoms with Crippen LogP contribution in [-0.2, 0) is 11.2 Å². The lowest BCUT2D eigenvalue weighted by Gasteiger charge is -2.32. The minimum absolute atomic E-state index is 0.0783. The van der Waals surface area contributed by atoms with Gasteiger partial charge in [-0.1, -0.05) is 0 Å². The Balaban J connectivity index is 1.41. The smallest absolute Gasteiger partial charge is 0.220 e. The van der Waals surface area contributed by atoms with Crippen LogP contribution in [0.15, 0.2) is 24.0 Å². The third-order valence-electron chi connectivity index (χ3n) is 3.91. The number of carbonyl (C=O) groups is 1. The molecular weight excluding hydrogens is 312 g/mol. The minimum Gasteiger partial charge on any atom is -0.375 e. The predicted molar refractivity (Wildman–Crippen MR) is 90.3 cm³/mol. The molecule has 3 heterocycles. The van der Waals surface area contributed by atoms with Crippen LogP contribution in [0.4, 0.5) is 10.9 Å². The van der Waals surface area contributed by atoms with E-state index in [2.05, 4.69) is 25.2 Å². The number of carbonyl (C=O) groups excluding carboxylic acids is 1. The Morgan fingerprint density at radius 2 is 2.22 bits per heavy atom. The molecule has 0 saturated carbocycles. The van der Waals surface area contributed by atoms with Crippen molar-refractivity contribution >= 4 is 28.2 Å². The van der Waals surface area contributed by atoms with E-state index in [0.717, 1.165) is 37.4 Å². The van der Waals surface area contributed by atoms with Gasteiger partial charge in [-0.3, -0.25) is 9.78 Å². The molecule has 1 fully saturated rings. The first-order valence-electron chi connectivity index (χ1n) is 7.71. The average Bonchev–Trinajstić information content (AvgIpc) is 3.00. The van der Waals surface area contributed by atoms with Crippen molar-refractivity contribution in [1.29, 1.82) is 0 Å². The number of rotatable bonds is 5. The molecule has 0 radical (unpaired) electrons. The standard InChI is InChI=1S/C15H20N6OS/c16-15-20-12(10-23-15)1-2-14(22)19-11-3-7-21(8-4-11)13-9-17-5-6-18-13/h5-6,9-11H,1-4,7-8H2,(H2,16,20)(H,19,22). The summed E-state index contributed by atoms with van der Waals surface area (Å²) >= 11 is 1.41. The first-order valence-corrected chi connectivity index (χ1v) is 8.59. The fourth-order valence-electron chi connectivity index (χ4n) is 2.69. The fourth-order valence-corrected chi connectivity index (χ4v) is 3.28. The van der Waals surface area contributed by atoms with Crippen LogP contribution in [0, 0.1) is 0 Å². The van der Waals surface area contributed by atoms with Gasteiger partial charge in [-0.05, 0) is 19.3 Å². The normalized spacial score (nSPS) is 15.6. The lowest BCUT2D eigenvalue weighted by Crippen LogP contribution is -2.45. The van der Waals surface area contributed by atoms with Crippen molar-refractivity contribution in [3.63, 3.8) is 0 Å². The summed E-state index contributed by atoms with van der Waals surface area (Å²) in [5, 5.41) is 5.57. The molecule has 3 rings (SSSR count). The van der Waals surface area contributed by atoms with Gasteiger partial charge in [0.15, 0.2) is 5.13 Å². The Bertz CT molecular complexity index is 638. The monoisotopic (exact) mass is 332 g/mol. The Kier molecular flexibility index (Phi) is 5.02. The molecule has 2 aromatic rings. The van der Waals surface area contributed by atoms with Crippen LogP contribution in [-0.4, -0.2) is 40.0 Å². The number of piperidine rings is 1. The van der Waals surface area contributed by atoms with E-state index in [4.69, 9.17) is 5.73 Å². The molecule has 1 amide bonds. The van der Waals surface area contributed by atoms with E-state index in [1.165, 1.54) is 11.3 Å². The third kappa shape index (κ3) is 4.38. The van der Waals surface area contributed by atoms with E-state index in [1.807, 2.05) is 5.38 Å². The lowest BCUT2D eigenvalue weighted by molar-refractivity contribution is -0.121. The summed E-state index contributed by atoms with van der Waals surface area (Å²) in [4.78, 5) is 26.8. The SMILES string of the molecule is Nc1nc(CCC(=O)NC2CCN(c3cnccn3)CC2)cs1. The van der Waals surface area contributed by atoms with E-state index in [1.54, 1.807) is 18.6 Å². The zero-order valence-electron chi connectivity index (χ0n) is 12.8. The second kappa shape index (κ2) is 7.36. The molecule has 0 unspecified atom stereocenters. The highest BCUT2D eigenvalue weighted by Crippen LogP contribution is 2.17. The highest BCUT2D eigenvalue weighted by Gasteiger charge is 2.21. The number of thiazole rings is 1. The summed E-state index contributed by atoms with van der Waals surface area (Å²) in [7, 11) is 0. The predicted octanol–water partition coefficient (Wildman–Crippen LogP) is 1.23. The number of hydrogen-bond acceptors (Lipinski definition) is 7. The first-order chi connectivity index (χ1) is 11.2. The molecule has 0 bridgehead atoms. The summed E-state index contributed by atoms with van der Waals surface area (Å²) in [5.41, 5.74) is 6.48. The van der Waals surface area contributed by atoms with Gasteiger partial charge in [0.25, 0.3) is 0 Å². The molecular formula is C15H20N6OS. The molecule has 2 aromatic heterocycles. The third-order valence-corrected chi connectivity index (χ3v) is 4.63. The van der Waals surface area contributed by atoms with Crippen molar-refractivity contribution in [2.45, 2.75) is 31.7 Å². The quantitative estimate of drug-likeness (QED) is 0.855. The van der Waals surface area contributed by atoms with Gasteiger partial charge in [0.05, 0.1) is 11.9 Å². The van der Waals surface area contributed by atoms with Gasteiger partial charge < -0.3 is 16.0 Å². The van der Waals surface area contributed by atoms with E-state index >= 15 is 0 Å². The number of nitrogens with one attached hydrogen (secondary N) is 1. The van der Waals surface area contributed by atoms with Crippen LogP contribution < -0.4 is 16.0 Å². The van der Waals surface area contributed by atoms with Gasteiger partial charge in [-0.25, -0.2) is 9.97 Å². The van der Waals surface area contributed by atoms with Gasteiger partial charge in [0.1, 0.15) is 5.82 Å². The van der Waals surface area contributed by atoms with Crippen LogP contribution >= 0.6 is 11.3 Å². The molecule has 7 nitrogen and oxygen atoms in total. The second-order valence-electron chi connectivity index (χ2n) is 5.57. The van der Waals surface area contributed by atoms with Crippen molar-refractivity contribution < 1.29 is 4.79 Å². The van der Waals surface area contributed by atoms with Crippen LogP contribution in [0.25, 0.3) is 0 Å². The number of aromatic nitrogens is 3. The van der Waals surface area contributed by atoms with Gasteiger partial charge in [0, 0.05) is 43.3 Å². The van der Waals surface area contributed by atoms with E-state index in [-0.39, 0.29) is 11.9 Å². The number of nitrogen functional groups attached to an aromatic ring is 1. The Morgan fingerprint density at radius 3 is 2.87 bits per heavy atom. The number of nitrogens with zero attached hydrogens (tertiary/aromatic N) is 4. The summed E-state index contributed by atoms with van der Waals surface area (Å²) in [6, 6.07) is 0.232. The number of anilines is 2. The Labute approximate surface area is 139 Å². The molecule has 0 atom stereocenters. The average molecular weight is 332 g/mol. The van der Waals surface area contributed by atoms with Crippen LogP contribution in [0.3, 0.4) is 0 Å². The molecule has 122 valence electrons. The van der Waals surface area contributed by atoms with Crippen molar-refractivity contribution in [1.82, 2.24) is 20.3 Å². The van der Waals surface area contributed by atoms with Crippen molar-refractivity contribution in [3.8, 4) is 0 Å². The molecule has 8 heteroatoms. The molecule has 1 aliphatic heterocycles. The molecule has 3 N–H and O–H groups in total. The second-order valence-corrected chi connectivity index (χ2v) is 6.46. The van der Waals surface area contributed by atoms with E-state index in [9.17, 15) is 4.79 Å². The number of hydrogen-bond donors (Lipinski definition) is 2. The molecule has 0 spiro atoms. The van der Waals surface area contributed by atoms with E-state index in [0.29, 0.717) is 18.0 Å². The van der Waals surface area contributed by atoms with Crippen molar-refractivity contribution in [3.05, 3.63) is 29.7 Å². The van der Waals surface area contributed by atoms with Crippen LogP contribution in [0.2, 0.25) is 0 Å². The Morgan fingerprint density at radius 1 is 1.39 bits per heavy atom. The summed E-state index contributed by atoms with van der Waals surface area (Å²) < 4.78 is 0. The summed E-state index contributed by atoms with van der Waals surface area (Å²) in [6.07, 6.45) is 8.09.